The Bertz CT molecular complexity index is 331. The van der Waals surface area contributed by atoms with Crippen molar-refractivity contribution >= 4 is 40.3 Å². The first kappa shape index (κ1) is 14.5. The quantitative estimate of drug-likeness (QED) is 0.593. The zero-order valence-electron chi connectivity index (χ0n) is 10.0. The topological polar surface area (TPSA) is 0 Å². The summed E-state index contributed by atoms with van der Waals surface area (Å²) in [5.74, 6) is 2.70. The average Bonchev–Trinajstić information content (AvgIpc) is 2.19. The van der Waals surface area contributed by atoms with Crippen LogP contribution in [0.4, 0.5) is 0 Å². The van der Waals surface area contributed by atoms with Crippen LogP contribution < -0.4 is 0 Å². The summed E-state index contributed by atoms with van der Waals surface area (Å²) in [7, 11) is 0. The van der Waals surface area contributed by atoms with Crippen molar-refractivity contribution in [3.8, 4) is 0 Å². The lowest BCUT2D eigenvalue weighted by molar-refractivity contribution is 0.294. The fourth-order valence-electron chi connectivity index (χ4n) is 1.33. The van der Waals surface area contributed by atoms with Crippen LogP contribution in [0.25, 0.3) is 0 Å². The van der Waals surface area contributed by atoms with Gasteiger partial charge in [-0.3, -0.25) is 0 Å². The van der Waals surface area contributed by atoms with E-state index in [0.717, 1.165) is 11.5 Å². The largest absolute Gasteiger partial charge is 0.179 e. The second-order valence-corrected chi connectivity index (χ2v) is 7.27. The number of benzene rings is 1. The molecule has 0 radical (unpaired) electrons. The molecule has 90 valence electrons. The van der Waals surface area contributed by atoms with Gasteiger partial charge in [-0.15, -0.1) is 11.8 Å². The molecule has 1 unspecified atom stereocenters. The third kappa shape index (κ3) is 4.34. The van der Waals surface area contributed by atoms with Gasteiger partial charge >= 0.3 is 0 Å². The van der Waals surface area contributed by atoms with Crippen LogP contribution in [0.3, 0.4) is 0 Å². The lowest BCUT2D eigenvalue weighted by Gasteiger charge is -2.29. The van der Waals surface area contributed by atoms with E-state index in [1.807, 2.05) is 17.8 Å². The van der Waals surface area contributed by atoms with Crippen LogP contribution in [0.2, 0.25) is 0 Å². The van der Waals surface area contributed by atoms with Crippen molar-refractivity contribution in [1.29, 1.82) is 0 Å². The van der Waals surface area contributed by atoms with Crippen LogP contribution in [-0.4, -0.2) is 11.5 Å². The molecule has 0 N–H and O–H groups in total. The second kappa shape index (κ2) is 6.36. The Balaban J connectivity index is 2.60. The van der Waals surface area contributed by atoms with Crippen molar-refractivity contribution in [2.75, 3.05) is 11.5 Å². The molecular formula is C13H19BrS2. The lowest BCUT2D eigenvalue weighted by atomic mass is 9.83. The van der Waals surface area contributed by atoms with Gasteiger partial charge in [0.15, 0.2) is 0 Å². The second-order valence-electron chi connectivity index (χ2n) is 4.99. The third-order valence-corrected chi connectivity index (χ3v) is 5.35. The fraction of sp³-hybridized carbons (Fsp3) is 0.538. The third-order valence-electron chi connectivity index (χ3n) is 2.72. The first-order valence-electron chi connectivity index (χ1n) is 5.43. The van der Waals surface area contributed by atoms with Crippen molar-refractivity contribution in [2.45, 2.75) is 25.7 Å². The van der Waals surface area contributed by atoms with E-state index in [2.05, 4.69) is 67.5 Å². The highest BCUT2D eigenvalue weighted by atomic mass is 79.9. The predicted molar refractivity (Wildman–Crippen MR) is 81.7 cm³/mol. The van der Waals surface area contributed by atoms with Crippen LogP contribution in [0, 0.1) is 11.3 Å². The normalized spacial score (nSPS) is 13.8. The minimum Gasteiger partial charge on any atom is -0.179 e. The van der Waals surface area contributed by atoms with Gasteiger partial charge in [-0.2, -0.15) is 12.6 Å². The zero-order valence-corrected chi connectivity index (χ0v) is 13.3. The van der Waals surface area contributed by atoms with Gasteiger partial charge in [-0.25, -0.2) is 0 Å². The smallest absolute Gasteiger partial charge is 0.0311 e. The summed E-state index contributed by atoms with van der Waals surface area (Å²) in [6, 6.07) is 8.38. The molecule has 1 aromatic rings. The molecule has 0 nitrogen and oxygen atoms in total. The summed E-state index contributed by atoms with van der Waals surface area (Å²) in [5, 5.41) is 0. The molecule has 0 aliphatic rings. The van der Waals surface area contributed by atoms with Crippen LogP contribution in [0.15, 0.2) is 33.6 Å². The van der Waals surface area contributed by atoms with Gasteiger partial charge in [-0.1, -0.05) is 32.9 Å². The summed E-state index contributed by atoms with van der Waals surface area (Å²) < 4.78 is 1.19. The summed E-state index contributed by atoms with van der Waals surface area (Å²) in [4.78, 5) is 1.32. The number of thiol groups is 1. The highest BCUT2D eigenvalue weighted by Crippen LogP contribution is 2.34. The van der Waals surface area contributed by atoms with Gasteiger partial charge in [0.25, 0.3) is 0 Å². The predicted octanol–water partition coefficient (Wildman–Crippen LogP) is 5.13. The number of thioether (sulfide) groups is 1. The molecular weight excluding hydrogens is 300 g/mol. The highest BCUT2D eigenvalue weighted by Gasteiger charge is 2.23. The Hall–Kier alpha value is 0.400. The number of rotatable bonds is 4. The zero-order chi connectivity index (χ0) is 12.2. The van der Waals surface area contributed by atoms with Crippen molar-refractivity contribution < 1.29 is 0 Å². The van der Waals surface area contributed by atoms with E-state index in [-0.39, 0.29) is 0 Å². The van der Waals surface area contributed by atoms with Gasteiger partial charge < -0.3 is 0 Å². The summed E-state index contributed by atoms with van der Waals surface area (Å²) in [6.45, 7) is 6.86. The van der Waals surface area contributed by atoms with E-state index in [1.165, 1.54) is 9.37 Å². The Morgan fingerprint density at radius 2 is 1.94 bits per heavy atom. The van der Waals surface area contributed by atoms with Crippen LogP contribution in [0.5, 0.6) is 0 Å². The van der Waals surface area contributed by atoms with Gasteiger partial charge in [0.2, 0.25) is 0 Å². The Morgan fingerprint density at radius 1 is 1.31 bits per heavy atom. The number of hydrogen-bond acceptors (Lipinski definition) is 2. The van der Waals surface area contributed by atoms with Crippen LogP contribution in [-0.2, 0) is 0 Å². The van der Waals surface area contributed by atoms with Gasteiger partial charge in [0, 0.05) is 15.1 Å². The van der Waals surface area contributed by atoms with Gasteiger partial charge in [-0.05, 0) is 45.1 Å². The molecule has 0 aromatic heterocycles. The Morgan fingerprint density at radius 3 is 2.44 bits per heavy atom. The minimum atomic E-state index is 0.329. The van der Waals surface area contributed by atoms with E-state index in [9.17, 15) is 0 Å². The van der Waals surface area contributed by atoms with E-state index >= 15 is 0 Å². The summed E-state index contributed by atoms with van der Waals surface area (Å²) in [5.41, 5.74) is 0.329. The molecule has 0 amide bonds. The molecule has 1 aromatic carbocycles. The molecule has 3 heteroatoms. The summed E-state index contributed by atoms with van der Waals surface area (Å²) >= 11 is 9.95. The van der Waals surface area contributed by atoms with Crippen molar-refractivity contribution in [3.63, 3.8) is 0 Å². The standard InChI is InChI=1S/C13H19BrS2/c1-13(2,3)10(8-15)9-16-12-7-5-4-6-11(12)14/h4-7,10,15H,8-9H2,1-3H3. The van der Waals surface area contributed by atoms with Gasteiger partial charge in [0.1, 0.15) is 0 Å². The fourth-order valence-corrected chi connectivity index (χ4v) is 4.19. The first-order chi connectivity index (χ1) is 7.45. The molecule has 0 bridgehead atoms. The highest BCUT2D eigenvalue weighted by molar-refractivity contribution is 9.10. The lowest BCUT2D eigenvalue weighted by Crippen LogP contribution is -2.24. The minimum absolute atomic E-state index is 0.329. The molecule has 0 fully saturated rings. The molecule has 0 saturated carbocycles. The van der Waals surface area contributed by atoms with Crippen molar-refractivity contribution in [3.05, 3.63) is 28.7 Å². The maximum Gasteiger partial charge on any atom is 0.0311 e. The average molecular weight is 319 g/mol. The van der Waals surface area contributed by atoms with Gasteiger partial charge in [0.05, 0.1) is 0 Å². The summed E-state index contributed by atoms with van der Waals surface area (Å²) in [6.07, 6.45) is 0. The van der Waals surface area contributed by atoms with Crippen molar-refractivity contribution in [2.24, 2.45) is 11.3 Å². The molecule has 0 heterocycles. The maximum atomic E-state index is 4.46. The maximum absolute atomic E-state index is 4.46. The molecule has 1 rings (SSSR count). The van der Waals surface area contributed by atoms with E-state index in [0.29, 0.717) is 11.3 Å². The molecule has 1 atom stereocenters. The molecule has 0 aliphatic carbocycles. The first-order valence-corrected chi connectivity index (χ1v) is 7.84. The van der Waals surface area contributed by atoms with Crippen molar-refractivity contribution in [1.82, 2.24) is 0 Å². The Labute approximate surface area is 117 Å². The number of halogens is 1. The Kier molecular flexibility index (Phi) is 5.75. The van der Waals surface area contributed by atoms with E-state index in [4.69, 9.17) is 0 Å². The molecule has 0 aliphatic heterocycles. The monoisotopic (exact) mass is 318 g/mol. The molecule has 16 heavy (non-hydrogen) atoms. The van der Waals surface area contributed by atoms with E-state index in [1.54, 1.807) is 0 Å². The van der Waals surface area contributed by atoms with Crippen LogP contribution in [0.1, 0.15) is 20.8 Å². The van der Waals surface area contributed by atoms with E-state index < -0.39 is 0 Å². The number of hydrogen-bond donors (Lipinski definition) is 1. The molecule has 0 saturated heterocycles. The SMILES string of the molecule is CC(C)(C)C(CS)CSc1ccccc1Br. The molecule has 0 spiro atoms. The van der Waals surface area contributed by atoms with Crippen LogP contribution >= 0.6 is 40.3 Å².